The number of rotatable bonds is 8. The summed E-state index contributed by atoms with van der Waals surface area (Å²) in [6.07, 6.45) is 5.27. The Morgan fingerprint density at radius 2 is 1.90 bits per heavy atom. The van der Waals surface area contributed by atoms with Crippen LogP contribution in [0.5, 0.6) is 0 Å². The van der Waals surface area contributed by atoms with E-state index in [1.165, 1.54) is 5.56 Å². The van der Waals surface area contributed by atoms with Gasteiger partial charge in [0.1, 0.15) is 5.82 Å². The monoisotopic (exact) mass is 404 g/mol. The van der Waals surface area contributed by atoms with E-state index in [0.717, 1.165) is 54.4 Å². The van der Waals surface area contributed by atoms with Gasteiger partial charge in [0.15, 0.2) is 5.82 Å². The Balaban J connectivity index is 1.59. The molecule has 3 aromatic heterocycles. The molecule has 3 heterocycles. The fraction of sp³-hybridized carbons (Fsp3) is 0.409. The first-order valence-electron chi connectivity index (χ1n) is 10.5. The van der Waals surface area contributed by atoms with E-state index < -0.39 is 0 Å². The number of benzene rings is 1. The van der Waals surface area contributed by atoms with Gasteiger partial charge < -0.3 is 4.57 Å². The van der Waals surface area contributed by atoms with Gasteiger partial charge in [-0.1, -0.05) is 39.3 Å². The average Bonchev–Trinajstić information content (AvgIpc) is 3.47. The second-order valence-corrected chi connectivity index (χ2v) is 7.92. The molecule has 0 aliphatic heterocycles. The highest BCUT2D eigenvalue weighted by Gasteiger charge is 2.15. The number of aryl methyl sites for hydroxylation is 2. The normalized spacial score (nSPS) is 11.5. The summed E-state index contributed by atoms with van der Waals surface area (Å²) in [5, 5.41) is 19.3. The maximum atomic E-state index is 4.78. The second kappa shape index (κ2) is 8.61. The van der Waals surface area contributed by atoms with Crippen molar-refractivity contribution < 1.29 is 0 Å². The zero-order valence-corrected chi connectivity index (χ0v) is 18.0. The molecule has 30 heavy (non-hydrogen) atoms. The minimum absolute atomic E-state index is 0.328. The molecule has 0 saturated heterocycles. The molecule has 0 bridgehead atoms. The molecule has 0 amide bonds. The summed E-state index contributed by atoms with van der Waals surface area (Å²) in [4.78, 5) is 4.78. The van der Waals surface area contributed by atoms with Crippen molar-refractivity contribution in [1.82, 2.24) is 40.0 Å². The van der Waals surface area contributed by atoms with Gasteiger partial charge in [0.05, 0.1) is 12.2 Å². The summed E-state index contributed by atoms with van der Waals surface area (Å²) >= 11 is 0. The van der Waals surface area contributed by atoms with Crippen molar-refractivity contribution in [3.63, 3.8) is 0 Å². The molecular weight excluding hydrogens is 376 g/mol. The fourth-order valence-corrected chi connectivity index (χ4v) is 3.51. The number of hydrogen-bond donors (Lipinski definition) is 1. The van der Waals surface area contributed by atoms with Gasteiger partial charge in [-0.3, -0.25) is 0 Å². The summed E-state index contributed by atoms with van der Waals surface area (Å²) in [6.45, 7) is 9.25. The number of tetrazole rings is 1. The Kier molecular flexibility index (Phi) is 5.74. The number of hydrogen-bond acceptors (Lipinski definition) is 5. The fourth-order valence-electron chi connectivity index (χ4n) is 3.51. The number of unbranched alkanes of at least 4 members (excludes halogenated alkanes) is 1. The Hall–Kier alpha value is -3.29. The minimum Gasteiger partial charge on any atom is -0.313 e. The maximum absolute atomic E-state index is 4.78. The van der Waals surface area contributed by atoms with Gasteiger partial charge in [0, 0.05) is 24.2 Å². The molecule has 1 N–H and O–H groups in total. The standard InChI is InChI=1S/C22H28N8/c1-5-6-7-19-23-21(15(2)3)26-30(19)14-17-8-10-18(11-9-17)29-13-12-16(4)20(29)22-24-27-28-25-22/h8-13,15H,5-7,14H2,1-4H3,(H,24,25,27,28). The Morgan fingerprint density at radius 3 is 2.57 bits per heavy atom. The van der Waals surface area contributed by atoms with Crippen LogP contribution in [0.2, 0.25) is 0 Å². The van der Waals surface area contributed by atoms with Crippen LogP contribution in [0, 0.1) is 6.92 Å². The van der Waals surface area contributed by atoms with Crippen molar-refractivity contribution in [2.24, 2.45) is 0 Å². The zero-order valence-electron chi connectivity index (χ0n) is 18.0. The molecule has 0 spiro atoms. The van der Waals surface area contributed by atoms with E-state index in [9.17, 15) is 0 Å². The summed E-state index contributed by atoms with van der Waals surface area (Å²) < 4.78 is 4.15. The number of nitrogens with zero attached hydrogens (tertiary/aromatic N) is 7. The van der Waals surface area contributed by atoms with E-state index in [1.54, 1.807) is 0 Å². The van der Waals surface area contributed by atoms with Crippen molar-refractivity contribution in [2.75, 3.05) is 0 Å². The van der Waals surface area contributed by atoms with Crippen LogP contribution in [-0.4, -0.2) is 40.0 Å². The lowest BCUT2D eigenvalue weighted by molar-refractivity contribution is 0.610. The summed E-state index contributed by atoms with van der Waals surface area (Å²) in [6, 6.07) is 10.6. The molecule has 4 rings (SSSR count). The predicted octanol–water partition coefficient (Wildman–Crippen LogP) is 4.07. The number of aromatic nitrogens is 8. The first-order chi connectivity index (χ1) is 14.6. The van der Waals surface area contributed by atoms with E-state index in [2.05, 4.69) is 81.0 Å². The number of aromatic amines is 1. The van der Waals surface area contributed by atoms with Gasteiger partial charge in [0.25, 0.3) is 0 Å². The minimum atomic E-state index is 0.328. The number of nitrogens with one attached hydrogen (secondary N) is 1. The molecule has 0 saturated carbocycles. The van der Waals surface area contributed by atoms with E-state index in [0.29, 0.717) is 11.7 Å². The highest BCUT2D eigenvalue weighted by molar-refractivity contribution is 5.59. The molecule has 0 unspecified atom stereocenters. The van der Waals surface area contributed by atoms with Crippen LogP contribution in [-0.2, 0) is 13.0 Å². The van der Waals surface area contributed by atoms with Crippen LogP contribution in [0.4, 0.5) is 0 Å². The molecule has 1 aromatic carbocycles. The summed E-state index contributed by atoms with van der Waals surface area (Å²) in [5.41, 5.74) is 4.29. The van der Waals surface area contributed by atoms with Crippen LogP contribution < -0.4 is 0 Å². The van der Waals surface area contributed by atoms with Gasteiger partial charge in [-0.05, 0) is 47.9 Å². The molecule has 0 aliphatic rings. The maximum Gasteiger partial charge on any atom is 0.221 e. The lowest BCUT2D eigenvalue weighted by Gasteiger charge is -2.10. The third-order valence-electron chi connectivity index (χ3n) is 5.23. The highest BCUT2D eigenvalue weighted by Crippen LogP contribution is 2.25. The Labute approximate surface area is 176 Å². The highest BCUT2D eigenvalue weighted by atomic mass is 15.5. The topological polar surface area (TPSA) is 90.1 Å². The SMILES string of the molecule is CCCCc1nc(C(C)C)nn1Cc1ccc(-n2ccc(C)c2-c2nn[nH]n2)cc1. The van der Waals surface area contributed by atoms with E-state index in [4.69, 9.17) is 10.1 Å². The van der Waals surface area contributed by atoms with Gasteiger partial charge in [-0.15, -0.1) is 10.2 Å². The van der Waals surface area contributed by atoms with Gasteiger partial charge in [0.2, 0.25) is 5.82 Å². The largest absolute Gasteiger partial charge is 0.313 e. The zero-order chi connectivity index (χ0) is 21.1. The molecule has 0 fully saturated rings. The Morgan fingerprint density at radius 1 is 1.10 bits per heavy atom. The summed E-state index contributed by atoms with van der Waals surface area (Å²) in [5.74, 6) is 2.91. The van der Waals surface area contributed by atoms with Crippen LogP contribution in [0.1, 0.15) is 62.3 Å². The lowest BCUT2D eigenvalue weighted by Crippen LogP contribution is -2.07. The first kappa shape index (κ1) is 20.0. The molecule has 0 atom stereocenters. The third-order valence-corrected chi connectivity index (χ3v) is 5.23. The first-order valence-corrected chi connectivity index (χ1v) is 10.5. The molecule has 0 aliphatic carbocycles. The average molecular weight is 405 g/mol. The van der Waals surface area contributed by atoms with Gasteiger partial charge in [-0.25, -0.2) is 9.67 Å². The quantitative estimate of drug-likeness (QED) is 0.478. The molecule has 156 valence electrons. The molecule has 4 aromatic rings. The Bertz CT molecular complexity index is 1090. The van der Waals surface area contributed by atoms with Crippen molar-refractivity contribution in [3.05, 3.63) is 59.3 Å². The third kappa shape index (κ3) is 4.03. The molecule has 0 radical (unpaired) electrons. The van der Waals surface area contributed by atoms with Crippen molar-refractivity contribution in [2.45, 2.75) is 59.4 Å². The second-order valence-electron chi connectivity index (χ2n) is 7.92. The van der Waals surface area contributed by atoms with E-state index in [1.807, 2.05) is 13.1 Å². The van der Waals surface area contributed by atoms with Crippen molar-refractivity contribution in [1.29, 1.82) is 0 Å². The van der Waals surface area contributed by atoms with E-state index >= 15 is 0 Å². The van der Waals surface area contributed by atoms with Crippen LogP contribution >= 0.6 is 0 Å². The van der Waals surface area contributed by atoms with Gasteiger partial charge >= 0.3 is 0 Å². The smallest absolute Gasteiger partial charge is 0.221 e. The predicted molar refractivity (Wildman–Crippen MR) is 116 cm³/mol. The van der Waals surface area contributed by atoms with E-state index in [-0.39, 0.29) is 0 Å². The summed E-state index contributed by atoms with van der Waals surface area (Å²) in [7, 11) is 0. The van der Waals surface area contributed by atoms with Crippen LogP contribution in [0.15, 0.2) is 36.5 Å². The number of H-pyrrole nitrogens is 1. The van der Waals surface area contributed by atoms with Crippen LogP contribution in [0.25, 0.3) is 17.2 Å². The molecular formula is C22H28N8. The molecule has 8 nitrogen and oxygen atoms in total. The van der Waals surface area contributed by atoms with Crippen molar-refractivity contribution in [3.8, 4) is 17.2 Å². The van der Waals surface area contributed by atoms with Crippen molar-refractivity contribution >= 4 is 0 Å². The molecule has 8 heteroatoms. The lowest BCUT2D eigenvalue weighted by atomic mass is 10.2. The van der Waals surface area contributed by atoms with Gasteiger partial charge in [-0.2, -0.15) is 10.3 Å². The van der Waals surface area contributed by atoms with Crippen LogP contribution in [0.3, 0.4) is 0 Å².